The number of carbonyl (C=O) groups excluding carboxylic acids is 1. The summed E-state index contributed by atoms with van der Waals surface area (Å²) in [5, 5.41) is 0. The number of likely N-dealkylation sites (tertiary alicyclic amines) is 1. The van der Waals surface area contributed by atoms with Crippen LogP contribution in [0.4, 0.5) is 0 Å². The van der Waals surface area contributed by atoms with Crippen LogP contribution in [-0.2, 0) is 4.79 Å². The van der Waals surface area contributed by atoms with Crippen LogP contribution in [0.1, 0.15) is 33.1 Å². The lowest BCUT2D eigenvalue weighted by Crippen LogP contribution is -2.51. The van der Waals surface area contributed by atoms with Crippen molar-refractivity contribution >= 4 is 5.78 Å². The fourth-order valence-corrected chi connectivity index (χ4v) is 2.87. The Kier molecular flexibility index (Phi) is 4.80. The summed E-state index contributed by atoms with van der Waals surface area (Å²) < 4.78 is 0. The molecule has 1 heterocycles. The van der Waals surface area contributed by atoms with Crippen molar-refractivity contribution < 1.29 is 4.79 Å². The number of nitrogens with zero attached hydrogens (tertiary/aromatic N) is 1. The Morgan fingerprint density at radius 2 is 2.30 bits per heavy atom. The van der Waals surface area contributed by atoms with Gasteiger partial charge >= 0.3 is 0 Å². The van der Waals surface area contributed by atoms with E-state index >= 15 is 0 Å². The quantitative estimate of drug-likeness (QED) is 0.614. The standard InChI is InChI=1S/C17H24N2O/c1-4-14(5-6-15-9-12(15)2)10-19-11-16(18)7-8-17(19)13(3)20/h1,5,9,12,16-17H,6-8,10-11,18H2,2-3H3/b14-5+. The van der Waals surface area contributed by atoms with Crippen molar-refractivity contribution in [2.24, 2.45) is 11.7 Å². The van der Waals surface area contributed by atoms with Crippen molar-refractivity contribution in [3.63, 3.8) is 0 Å². The molecule has 0 radical (unpaired) electrons. The lowest BCUT2D eigenvalue weighted by atomic mass is 9.95. The Hall–Kier alpha value is -1.37. The number of nitrogens with two attached hydrogens (primary N) is 1. The molecular formula is C17H24N2O. The zero-order chi connectivity index (χ0) is 14.7. The van der Waals surface area contributed by atoms with E-state index in [-0.39, 0.29) is 17.9 Å². The van der Waals surface area contributed by atoms with E-state index in [1.54, 1.807) is 6.92 Å². The highest BCUT2D eigenvalue weighted by molar-refractivity contribution is 5.81. The molecule has 3 unspecified atom stereocenters. The molecule has 2 N–H and O–H groups in total. The molecule has 0 aromatic heterocycles. The predicted molar refractivity (Wildman–Crippen MR) is 82.0 cm³/mol. The normalized spacial score (nSPS) is 30.6. The van der Waals surface area contributed by atoms with Crippen LogP contribution in [0, 0.1) is 18.3 Å². The maximum absolute atomic E-state index is 11.7. The molecule has 3 nitrogen and oxygen atoms in total. The highest BCUT2D eigenvalue weighted by Gasteiger charge is 2.29. The largest absolute Gasteiger partial charge is 0.327 e. The molecule has 0 aromatic carbocycles. The lowest BCUT2D eigenvalue weighted by molar-refractivity contribution is -0.123. The van der Waals surface area contributed by atoms with Gasteiger partial charge in [-0.2, -0.15) is 0 Å². The molecule has 3 atom stereocenters. The Labute approximate surface area is 121 Å². The Bertz CT molecular complexity index is 484. The fourth-order valence-electron chi connectivity index (χ4n) is 2.87. The minimum atomic E-state index is -0.0226. The molecule has 1 aliphatic carbocycles. The van der Waals surface area contributed by atoms with Crippen LogP contribution >= 0.6 is 0 Å². The summed E-state index contributed by atoms with van der Waals surface area (Å²) in [7, 11) is 0. The summed E-state index contributed by atoms with van der Waals surface area (Å²) in [6, 6.07) is 0.126. The molecule has 0 aromatic rings. The summed E-state index contributed by atoms with van der Waals surface area (Å²) in [4.78, 5) is 13.9. The molecular weight excluding hydrogens is 248 g/mol. The lowest BCUT2D eigenvalue weighted by Gasteiger charge is -2.37. The number of hydrogen-bond donors (Lipinski definition) is 1. The second kappa shape index (κ2) is 6.39. The van der Waals surface area contributed by atoms with Crippen LogP contribution in [-0.4, -0.2) is 35.9 Å². The summed E-state index contributed by atoms with van der Waals surface area (Å²) in [6.45, 7) is 5.26. The van der Waals surface area contributed by atoms with Gasteiger partial charge in [-0.05, 0) is 32.1 Å². The van der Waals surface area contributed by atoms with Crippen LogP contribution in [0.15, 0.2) is 23.3 Å². The smallest absolute Gasteiger partial charge is 0.146 e. The van der Waals surface area contributed by atoms with Crippen molar-refractivity contribution in [1.29, 1.82) is 0 Å². The first-order valence-corrected chi connectivity index (χ1v) is 7.37. The molecule has 1 fully saturated rings. The summed E-state index contributed by atoms with van der Waals surface area (Å²) in [6.07, 6.45) is 12.7. The molecule has 108 valence electrons. The van der Waals surface area contributed by atoms with Crippen molar-refractivity contribution in [2.75, 3.05) is 13.1 Å². The van der Waals surface area contributed by atoms with Crippen molar-refractivity contribution in [2.45, 2.75) is 45.2 Å². The zero-order valence-corrected chi connectivity index (χ0v) is 12.4. The van der Waals surface area contributed by atoms with E-state index in [9.17, 15) is 4.79 Å². The first kappa shape index (κ1) is 15.0. The molecule has 2 aliphatic rings. The average Bonchev–Trinajstić information content (AvgIpc) is 3.10. The van der Waals surface area contributed by atoms with E-state index in [0.29, 0.717) is 12.5 Å². The molecule has 0 saturated carbocycles. The van der Waals surface area contributed by atoms with Crippen LogP contribution in [0.2, 0.25) is 0 Å². The van der Waals surface area contributed by atoms with Gasteiger partial charge in [-0.25, -0.2) is 0 Å². The third-order valence-electron chi connectivity index (χ3n) is 4.27. The number of terminal acetylenes is 1. The SMILES string of the molecule is C#C/C(=C\CC1=CC1C)CN1CC(N)CCC1C(C)=O. The van der Waals surface area contributed by atoms with Crippen LogP contribution in [0.3, 0.4) is 0 Å². The summed E-state index contributed by atoms with van der Waals surface area (Å²) in [5.74, 6) is 3.61. The number of Topliss-reactive ketones (excluding diaryl/α,β-unsaturated/α-hetero) is 1. The van der Waals surface area contributed by atoms with Crippen LogP contribution in [0.5, 0.6) is 0 Å². The molecule has 0 amide bonds. The Morgan fingerprint density at radius 1 is 1.60 bits per heavy atom. The van der Waals surface area contributed by atoms with Gasteiger partial charge in [-0.15, -0.1) is 6.42 Å². The van der Waals surface area contributed by atoms with Crippen LogP contribution in [0.25, 0.3) is 0 Å². The monoisotopic (exact) mass is 272 g/mol. The maximum atomic E-state index is 11.7. The molecule has 2 rings (SSSR count). The topological polar surface area (TPSA) is 46.3 Å². The van der Waals surface area contributed by atoms with E-state index in [4.69, 9.17) is 12.2 Å². The van der Waals surface area contributed by atoms with E-state index in [1.165, 1.54) is 5.57 Å². The highest BCUT2D eigenvalue weighted by atomic mass is 16.1. The van der Waals surface area contributed by atoms with E-state index in [1.807, 2.05) is 0 Å². The number of carbonyl (C=O) groups is 1. The third kappa shape index (κ3) is 3.82. The zero-order valence-electron chi connectivity index (χ0n) is 12.4. The van der Waals surface area contributed by atoms with E-state index in [2.05, 4.69) is 29.9 Å². The maximum Gasteiger partial charge on any atom is 0.146 e. The molecule has 20 heavy (non-hydrogen) atoms. The molecule has 0 bridgehead atoms. The minimum Gasteiger partial charge on any atom is -0.327 e. The third-order valence-corrected chi connectivity index (χ3v) is 4.27. The second-order valence-electron chi connectivity index (χ2n) is 6.00. The van der Waals surface area contributed by atoms with Crippen molar-refractivity contribution in [3.8, 4) is 12.3 Å². The van der Waals surface area contributed by atoms with Gasteiger partial charge in [0.25, 0.3) is 0 Å². The van der Waals surface area contributed by atoms with E-state index in [0.717, 1.165) is 31.4 Å². The molecule has 1 aliphatic heterocycles. The van der Waals surface area contributed by atoms with Gasteiger partial charge in [0, 0.05) is 24.7 Å². The predicted octanol–water partition coefficient (Wildman–Crippen LogP) is 1.89. The van der Waals surface area contributed by atoms with Gasteiger partial charge < -0.3 is 5.73 Å². The fraction of sp³-hybridized carbons (Fsp3) is 0.588. The Balaban J connectivity index is 1.98. The first-order chi connectivity index (χ1) is 9.51. The highest BCUT2D eigenvalue weighted by Crippen LogP contribution is 2.31. The van der Waals surface area contributed by atoms with Gasteiger partial charge in [0.15, 0.2) is 0 Å². The van der Waals surface area contributed by atoms with Gasteiger partial charge in [-0.1, -0.05) is 30.6 Å². The van der Waals surface area contributed by atoms with Gasteiger partial charge in [0.2, 0.25) is 0 Å². The first-order valence-electron chi connectivity index (χ1n) is 7.37. The minimum absolute atomic E-state index is 0.0226. The summed E-state index contributed by atoms with van der Waals surface area (Å²) in [5.41, 5.74) is 8.44. The van der Waals surface area contributed by atoms with Gasteiger partial charge in [-0.3, -0.25) is 9.69 Å². The second-order valence-corrected chi connectivity index (χ2v) is 6.00. The van der Waals surface area contributed by atoms with Crippen molar-refractivity contribution in [1.82, 2.24) is 4.90 Å². The molecule has 0 spiro atoms. The molecule has 1 saturated heterocycles. The van der Waals surface area contributed by atoms with Crippen molar-refractivity contribution in [3.05, 3.63) is 23.3 Å². The number of allylic oxidation sites excluding steroid dienone is 3. The summed E-state index contributed by atoms with van der Waals surface area (Å²) >= 11 is 0. The van der Waals surface area contributed by atoms with Gasteiger partial charge in [0.1, 0.15) is 5.78 Å². The van der Waals surface area contributed by atoms with Gasteiger partial charge in [0.05, 0.1) is 6.04 Å². The number of rotatable bonds is 5. The average molecular weight is 272 g/mol. The number of piperidine rings is 1. The van der Waals surface area contributed by atoms with E-state index < -0.39 is 0 Å². The number of ketones is 1. The Morgan fingerprint density at radius 3 is 2.85 bits per heavy atom. The van der Waals surface area contributed by atoms with Crippen LogP contribution < -0.4 is 5.73 Å². The number of hydrogen-bond acceptors (Lipinski definition) is 3. The molecule has 3 heteroatoms.